The summed E-state index contributed by atoms with van der Waals surface area (Å²) in [7, 11) is 0. The highest BCUT2D eigenvalue weighted by molar-refractivity contribution is 6.92. The third-order valence-electron chi connectivity index (χ3n) is 3.48. The van der Waals surface area contributed by atoms with Gasteiger partial charge in [0.15, 0.2) is 0 Å². The van der Waals surface area contributed by atoms with Gasteiger partial charge in [0, 0.05) is 31.2 Å². The van der Waals surface area contributed by atoms with Crippen molar-refractivity contribution in [2.45, 2.75) is 27.7 Å². The zero-order chi connectivity index (χ0) is 26.1. The van der Waals surface area contributed by atoms with Crippen LogP contribution in [-0.2, 0) is 19.0 Å². The molecule has 0 saturated heterocycles. The minimum atomic E-state index is -0.553. The predicted molar refractivity (Wildman–Crippen MR) is 132 cm³/mol. The first-order valence-corrected chi connectivity index (χ1v) is 10.0. The Bertz CT molecular complexity index is 926. The summed E-state index contributed by atoms with van der Waals surface area (Å²) in [6.45, 7) is 7.51. The Morgan fingerprint density at radius 2 is 1.06 bits per heavy atom. The maximum atomic E-state index is 11.2. The molecule has 0 saturated carbocycles. The van der Waals surface area contributed by atoms with Gasteiger partial charge in [-0.3, -0.25) is 25.0 Å². The van der Waals surface area contributed by atoms with Gasteiger partial charge >= 0.3 is 17.9 Å². The average molecular weight is 512 g/mol. The lowest BCUT2D eigenvalue weighted by molar-refractivity contribution is -0.385. The van der Waals surface area contributed by atoms with Crippen LogP contribution in [0, 0.1) is 20.2 Å². The Hall–Kier alpha value is -3.92. The first-order valence-electron chi connectivity index (χ1n) is 10.0. The van der Waals surface area contributed by atoms with Crippen LogP contribution in [0.5, 0.6) is 0 Å². The quantitative estimate of drug-likeness (QED) is 0.173. The van der Waals surface area contributed by atoms with Crippen LogP contribution >= 0.6 is 9.90 Å². The normalized spacial score (nSPS) is 8.91. The van der Waals surface area contributed by atoms with E-state index >= 15 is 0 Å². The molecule has 12 nitrogen and oxygen atoms in total. The molecule has 0 N–H and O–H groups in total. The second kappa shape index (κ2) is 18.5. The fourth-order valence-electron chi connectivity index (χ4n) is 2.13. The molecular weight excluding hydrogens is 483 g/mol. The van der Waals surface area contributed by atoms with Crippen LogP contribution in [0.3, 0.4) is 0 Å². The molecule has 0 aliphatic carbocycles. The van der Waals surface area contributed by atoms with Crippen molar-refractivity contribution < 1.29 is 38.4 Å². The van der Waals surface area contributed by atoms with Gasteiger partial charge in [-0.05, 0) is 32.9 Å². The van der Waals surface area contributed by atoms with Gasteiger partial charge in [0.25, 0.3) is 11.4 Å². The minimum absolute atomic E-state index is 0. The lowest BCUT2D eigenvalue weighted by Gasteiger charge is -2.00. The molecule has 0 bridgehead atoms. The molecular formula is C22H29N2O10P. The van der Waals surface area contributed by atoms with Crippen molar-refractivity contribution in [3.05, 3.63) is 79.9 Å². The van der Waals surface area contributed by atoms with E-state index in [2.05, 4.69) is 4.74 Å². The number of rotatable bonds is 7. The molecule has 1 atom stereocenters. The Balaban J connectivity index is 0. The monoisotopic (exact) mass is 512 g/mol. The van der Waals surface area contributed by atoms with Crippen molar-refractivity contribution in [3.63, 3.8) is 0 Å². The number of carbonyl (C=O) groups excluding carboxylic acids is 3. The molecule has 0 radical (unpaired) electrons. The number of hydrogen-bond donors (Lipinski definition) is 0. The van der Waals surface area contributed by atoms with Gasteiger partial charge in [-0.15, -0.1) is 0 Å². The third kappa shape index (κ3) is 14.1. The molecule has 2 aromatic carbocycles. The molecule has 0 spiro atoms. The number of carbonyl (C=O) groups is 3. The lowest BCUT2D eigenvalue weighted by atomic mass is 10.2. The standard InChI is InChI=1S/2C9H9NO4.C4H8O2.H3P/c2*1-2-14-9(11)7-4-3-5-8(6-7)10(12)13;1-3-6-4(2)5;/h2*3-6H,2H2,1H3;3H2,1-2H3;1H3. The van der Waals surface area contributed by atoms with Crippen molar-refractivity contribution in [1.29, 1.82) is 0 Å². The van der Waals surface area contributed by atoms with Crippen molar-refractivity contribution in [3.8, 4) is 0 Å². The van der Waals surface area contributed by atoms with Crippen molar-refractivity contribution in [2.24, 2.45) is 0 Å². The number of hydrogen-bond acceptors (Lipinski definition) is 10. The molecule has 0 aromatic heterocycles. The SMILES string of the molecule is CCOC(=O)c1cccc([N+](=O)[O-])c1.CCOC(=O)c1cccc([N+](=O)[O-])c1.CCOC(C)=O.P. The Labute approximate surface area is 205 Å². The van der Waals surface area contributed by atoms with Crippen molar-refractivity contribution in [2.75, 3.05) is 19.8 Å². The van der Waals surface area contributed by atoms with Gasteiger partial charge in [0.2, 0.25) is 0 Å². The summed E-state index contributed by atoms with van der Waals surface area (Å²) in [6, 6.07) is 10.9. The number of esters is 3. The molecule has 1 unspecified atom stereocenters. The van der Waals surface area contributed by atoms with Gasteiger partial charge in [-0.25, -0.2) is 9.59 Å². The smallest absolute Gasteiger partial charge is 0.338 e. The topological polar surface area (TPSA) is 165 Å². The maximum Gasteiger partial charge on any atom is 0.338 e. The fraction of sp³-hybridized carbons (Fsp3) is 0.318. The number of nitro groups is 2. The zero-order valence-electron chi connectivity index (χ0n) is 19.9. The van der Waals surface area contributed by atoms with E-state index in [1.165, 1.54) is 55.5 Å². The lowest BCUT2D eigenvalue weighted by Crippen LogP contribution is -2.04. The van der Waals surface area contributed by atoms with Crippen LogP contribution in [0.4, 0.5) is 11.4 Å². The van der Waals surface area contributed by atoms with Crippen LogP contribution in [0.2, 0.25) is 0 Å². The van der Waals surface area contributed by atoms with E-state index in [1.54, 1.807) is 20.8 Å². The second-order valence-corrected chi connectivity index (χ2v) is 5.98. The van der Waals surface area contributed by atoms with Gasteiger partial charge < -0.3 is 14.2 Å². The Kier molecular flexibility index (Phi) is 17.6. The first-order chi connectivity index (χ1) is 16.1. The van der Waals surface area contributed by atoms with E-state index in [9.17, 15) is 34.6 Å². The number of ether oxygens (including phenoxy) is 3. The van der Waals surface area contributed by atoms with E-state index < -0.39 is 21.8 Å². The zero-order valence-corrected chi connectivity index (χ0v) is 21.3. The minimum Gasteiger partial charge on any atom is -0.466 e. The van der Waals surface area contributed by atoms with Gasteiger partial charge in [0.05, 0.1) is 40.8 Å². The molecule has 35 heavy (non-hydrogen) atoms. The van der Waals surface area contributed by atoms with Crippen molar-refractivity contribution >= 4 is 39.2 Å². The molecule has 2 rings (SSSR count). The molecule has 0 aliphatic rings. The van der Waals surface area contributed by atoms with E-state index in [0.29, 0.717) is 6.61 Å². The second-order valence-electron chi connectivity index (χ2n) is 5.98. The van der Waals surface area contributed by atoms with E-state index in [4.69, 9.17) is 9.47 Å². The Morgan fingerprint density at radius 3 is 1.29 bits per heavy atom. The molecule has 192 valence electrons. The average Bonchev–Trinajstić information content (AvgIpc) is 2.80. The molecule has 2 aromatic rings. The Morgan fingerprint density at radius 1 is 0.714 bits per heavy atom. The van der Waals surface area contributed by atoms with Crippen LogP contribution in [0.1, 0.15) is 48.4 Å². The van der Waals surface area contributed by atoms with Gasteiger partial charge in [-0.1, -0.05) is 12.1 Å². The fourth-order valence-corrected chi connectivity index (χ4v) is 2.13. The third-order valence-corrected chi connectivity index (χ3v) is 3.48. The summed E-state index contributed by atoms with van der Waals surface area (Å²) < 4.78 is 13.8. The van der Waals surface area contributed by atoms with Crippen LogP contribution in [0.15, 0.2) is 48.5 Å². The summed E-state index contributed by atoms with van der Waals surface area (Å²) in [4.78, 5) is 51.8. The van der Waals surface area contributed by atoms with Crippen molar-refractivity contribution in [1.82, 2.24) is 0 Å². The predicted octanol–water partition coefficient (Wildman–Crippen LogP) is 4.17. The first kappa shape index (κ1) is 33.3. The summed E-state index contributed by atoms with van der Waals surface area (Å²) in [6.07, 6.45) is 0. The summed E-state index contributed by atoms with van der Waals surface area (Å²) in [5.41, 5.74) is 0.160. The highest BCUT2D eigenvalue weighted by Gasteiger charge is 2.12. The van der Waals surface area contributed by atoms with Gasteiger partial charge in [-0.2, -0.15) is 9.90 Å². The number of nitrogens with zero attached hydrogens (tertiary/aromatic N) is 2. The van der Waals surface area contributed by atoms with Crippen LogP contribution in [-0.4, -0.2) is 47.6 Å². The highest BCUT2D eigenvalue weighted by atomic mass is 31.0. The molecule has 0 fully saturated rings. The van der Waals surface area contributed by atoms with E-state index in [0.717, 1.165) is 0 Å². The van der Waals surface area contributed by atoms with Gasteiger partial charge in [0.1, 0.15) is 0 Å². The van der Waals surface area contributed by atoms with E-state index in [1.807, 2.05) is 0 Å². The summed E-state index contributed by atoms with van der Waals surface area (Å²) in [5.74, 6) is -1.30. The molecule has 0 aliphatic heterocycles. The number of benzene rings is 2. The molecule has 0 heterocycles. The van der Waals surface area contributed by atoms with E-state index in [-0.39, 0.29) is 51.6 Å². The number of non-ortho nitro benzene ring substituents is 2. The maximum absolute atomic E-state index is 11.2. The van der Waals surface area contributed by atoms with Crippen LogP contribution < -0.4 is 0 Å². The molecule has 13 heteroatoms. The van der Waals surface area contributed by atoms with Crippen LogP contribution in [0.25, 0.3) is 0 Å². The highest BCUT2D eigenvalue weighted by Crippen LogP contribution is 2.14. The summed E-state index contributed by atoms with van der Waals surface area (Å²) >= 11 is 0. The molecule has 0 amide bonds. The largest absolute Gasteiger partial charge is 0.466 e. The number of nitro benzene ring substituents is 2. The summed E-state index contributed by atoms with van der Waals surface area (Å²) in [5, 5.41) is 20.8.